The molecule has 1 amide bonds. The lowest BCUT2D eigenvalue weighted by Gasteiger charge is -2.26. The summed E-state index contributed by atoms with van der Waals surface area (Å²) in [5, 5.41) is 7.15. The molecule has 1 aromatic rings. The molecule has 0 aromatic carbocycles. The quantitative estimate of drug-likeness (QED) is 0.840. The molecule has 1 atom stereocenters. The average molecular weight is 221 g/mol. The summed E-state index contributed by atoms with van der Waals surface area (Å²) in [6.45, 7) is 4.67. The summed E-state index contributed by atoms with van der Waals surface area (Å²) >= 11 is 0. The first-order chi connectivity index (χ1) is 7.68. The molecule has 0 radical (unpaired) electrons. The highest BCUT2D eigenvalue weighted by atomic mass is 16.2. The number of amides is 1. The van der Waals surface area contributed by atoms with Gasteiger partial charge in [0.2, 0.25) is 5.91 Å². The topological polar surface area (TPSA) is 46.9 Å². The maximum Gasteiger partial charge on any atom is 0.244 e. The number of aryl methyl sites for hydroxylation is 1. The van der Waals surface area contributed by atoms with Gasteiger partial charge >= 0.3 is 0 Å². The molecule has 16 heavy (non-hydrogen) atoms. The number of hydrogen-bond acceptors (Lipinski definition) is 2. The maximum absolute atomic E-state index is 11.9. The average Bonchev–Trinajstić information content (AvgIpc) is 2.60. The Balaban J connectivity index is 1.86. The van der Waals surface area contributed by atoms with Crippen LogP contribution in [-0.4, -0.2) is 22.2 Å². The highest BCUT2D eigenvalue weighted by Crippen LogP contribution is 2.25. The largest absolute Gasteiger partial charge is 0.354 e. The van der Waals surface area contributed by atoms with E-state index in [2.05, 4.69) is 10.4 Å². The fourth-order valence-electron chi connectivity index (χ4n) is 1.99. The number of nitrogens with one attached hydrogen (secondary N) is 1. The fourth-order valence-corrected chi connectivity index (χ4v) is 1.99. The number of rotatable bonds is 4. The molecular weight excluding hydrogens is 202 g/mol. The van der Waals surface area contributed by atoms with E-state index in [0.29, 0.717) is 5.92 Å². The van der Waals surface area contributed by atoms with Gasteiger partial charge in [0.1, 0.15) is 6.04 Å². The fraction of sp³-hybridized carbons (Fsp3) is 0.667. The van der Waals surface area contributed by atoms with Gasteiger partial charge in [-0.05, 0) is 38.7 Å². The minimum Gasteiger partial charge on any atom is -0.354 e. The second kappa shape index (κ2) is 4.68. The molecule has 4 heteroatoms. The monoisotopic (exact) mass is 221 g/mol. The predicted molar refractivity (Wildman–Crippen MR) is 62.0 cm³/mol. The second-order valence-electron chi connectivity index (χ2n) is 4.64. The van der Waals surface area contributed by atoms with Crippen LogP contribution in [0, 0.1) is 12.8 Å². The highest BCUT2D eigenvalue weighted by Gasteiger charge is 2.21. The zero-order valence-corrected chi connectivity index (χ0v) is 9.94. The maximum atomic E-state index is 11.9. The third-order valence-corrected chi connectivity index (χ3v) is 3.40. The Morgan fingerprint density at radius 2 is 2.44 bits per heavy atom. The molecule has 0 saturated heterocycles. The van der Waals surface area contributed by atoms with Crippen molar-refractivity contribution in [3.63, 3.8) is 0 Å². The Morgan fingerprint density at radius 1 is 1.69 bits per heavy atom. The van der Waals surface area contributed by atoms with E-state index in [-0.39, 0.29) is 11.9 Å². The first-order valence-electron chi connectivity index (χ1n) is 5.96. The van der Waals surface area contributed by atoms with Gasteiger partial charge in [0.15, 0.2) is 0 Å². The number of carbonyl (C=O) groups excluding carboxylic acids is 1. The first kappa shape index (κ1) is 11.2. The van der Waals surface area contributed by atoms with Crippen molar-refractivity contribution in [2.45, 2.75) is 39.2 Å². The molecule has 1 unspecified atom stereocenters. The molecule has 0 aliphatic heterocycles. The molecule has 0 bridgehead atoms. The lowest BCUT2D eigenvalue weighted by molar-refractivity contribution is -0.124. The van der Waals surface area contributed by atoms with Crippen LogP contribution in [0.5, 0.6) is 0 Å². The van der Waals surface area contributed by atoms with Gasteiger partial charge in [0, 0.05) is 18.4 Å². The van der Waals surface area contributed by atoms with Crippen molar-refractivity contribution >= 4 is 5.91 Å². The lowest BCUT2D eigenvalue weighted by Crippen LogP contribution is -2.36. The molecule has 1 saturated carbocycles. The van der Waals surface area contributed by atoms with Gasteiger partial charge in [-0.2, -0.15) is 5.10 Å². The van der Waals surface area contributed by atoms with Crippen LogP contribution in [0.3, 0.4) is 0 Å². The van der Waals surface area contributed by atoms with Crippen molar-refractivity contribution < 1.29 is 4.79 Å². The lowest BCUT2D eigenvalue weighted by atomic mass is 9.85. The molecule has 1 heterocycles. The van der Waals surface area contributed by atoms with Crippen molar-refractivity contribution in [3.05, 3.63) is 18.0 Å². The van der Waals surface area contributed by atoms with E-state index >= 15 is 0 Å². The zero-order valence-electron chi connectivity index (χ0n) is 9.94. The van der Waals surface area contributed by atoms with Crippen LogP contribution in [0.25, 0.3) is 0 Å². The van der Waals surface area contributed by atoms with Gasteiger partial charge in [0.05, 0.1) is 0 Å². The Kier molecular flexibility index (Phi) is 3.27. The Labute approximate surface area is 96.0 Å². The van der Waals surface area contributed by atoms with Crippen molar-refractivity contribution in [1.29, 1.82) is 0 Å². The number of hydrogen-bond donors (Lipinski definition) is 1. The summed E-state index contributed by atoms with van der Waals surface area (Å²) in [6, 6.07) is 1.70. The molecule has 88 valence electrons. The summed E-state index contributed by atoms with van der Waals surface area (Å²) in [5.74, 6) is 0.772. The molecule has 0 spiro atoms. The molecule has 1 aliphatic rings. The van der Waals surface area contributed by atoms with E-state index < -0.39 is 0 Å². The van der Waals surface area contributed by atoms with Crippen LogP contribution in [0.1, 0.15) is 37.9 Å². The minimum absolute atomic E-state index is 0.0682. The van der Waals surface area contributed by atoms with Gasteiger partial charge in [-0.1, -0.05) is 6.42 Å². The van der Waals surface area contributed by atoms with Crippen LogP contribution in [0.4, 0.5) is 0 Å². The van der Waals surface area contributed by atoms with Gasteiger partial charge in [-0.25, -0.2) is 0 Å². The third kappa shape index (κ3) is 2.26. The zero-order chi connectivity index (χ0) is 11.5. The van der Waals surface area contributed by atoms with Crippen molar-refractivity contribution in [1.82, 2.24) is 15.1 Å². The van der Waals surface area contributed by atoms with Crippen molar-refractivity contribution in [3.8, 4) is 0 Å². The summed E-state index contributed by atoms with van der Waals surface area (Å²) in [4.78, 5) is 11.9. The van der Waals surface area contributed by atoms with Gasteiger partial charge in [-0.15, -0.1) is 0 Å². The first-order valence-corrected chi connectivity index (χ1v) is 5.96. The summed E-state index contributed by atoms with van der Waals surface area (Å²) in [6.07, 6.45) is 5.56. The molecule has 1 N–H and O–H groups in total. The second-order valence-corrected chi connectivity index (χ2v) is 4.64. The van der Waals surface area contributed by atoms with Gasteiger partial charge in [-0.3, -0.25) is 9.48 Å². The van der Waals surface area contributed by atoms with E-state index in [1.54, 1.807) is 10.9 Å². The Bertz CT molecular complexity index is 368. The van der Waals surface area contributed by atoms with E-state index in [9.17, 15) is 4.79 Å². The van der Waals surface area contributed by atoms with Crippen LogP contribution in [0.15, 0.2) is 12.3 Å². The Morgan fingerprint density at radius 3 is 2.94 bits per heavy atom. The Hall–Kier alpha value is -1.32. The van der Waals surface area contributed by atoms with Crippen LogP contribution >= 0.6 is 0 Å². The molecular formula is C12H19N3O. The van der Waals surface area contributed by atoms with E-state index in [4.69, 9.17) is 0 Å². The van der Waals surface area contributed by atoms with Crippen molar-refractivity contribution in [2.75, 3.05) is 6.54 Å². The number of aromatic nitrogens is 2. The summed E-state index contributed by atoms with van der Waals surface area (Å²) in [7, 11) is 0. The van der Waals surface area contributed by atoms with E-state index in [1.807, 2.05) is 19.9 Å². The predicted octanol–water partition coefficient (Wildman–Crippen LogP) is 1.67. The molecule has 1 aliphatic carbocycles. The van der Waals surface area contributed by atoms with Gasteiger partial charge in [0.25, 0.3) is 0 Å². The number of carbonyl (C=O) groups is 1. The molecule has 4 nitrogen and oxygen atoms in total. The summed E-state index contributed by atoms with van der Waals surface area (Å²) < 4.78 is 1.76. The van der Waals surface area contributed by atoms with E-state index in [1.165, 1.54) is 19.3 Å². The molecule has 2 rings (SSSR count). The van der Waals surface area contributed by atoms with E-state index in [0.717, 1.165) is 12.2 Å². The normalized spacial score (nSPS) is 17.9. The van der Waals surface area contributed by atoms with Crippen LogP contribution in [-0.2, 0) is 4.79 Å². The highest BCUT2D eigenvalue weighted by molar-refractivity contribution is 5.79. The smallest absolute Gasteiger partial charge is 0.244 e. The SMILES string of the molecule is Cc1ccnn1C(C)C(=O)NCC1CCC1. The van der Waals surface area contributed by atoms with Crippen LogP contribution < -0.4 is 5.32 Å². The number of nitrogens with zero attached hydrogens (tertiary/aromatic N) is 2. The molecule has 1 fully saturated rings. The summed E-state index contributed by atoms with van der Waals surface area (Å²) in [5.41, 5.74) is 1.02. The van der Waals surface area contributed by atoms with Gasteiger partial charge < -0.3 is 5.32 Å². The standard InChI is InChI=1S/C12H19N3O/c1-9-6-7-14-15(9)10(2)12(16)13-8-11-4-3-5-11/h6-7,10-11H,3-5,8H2,1-2H3,(H,13,16). The van der Waals surface area contributed by atoms with Crippen LogP contribution in [0.2, 0.25) is 0 Å². The molecule has 1 aromatic heterocycles. The third-order valence-electron chi connectivity index (χ3n) is 3.40. The minimum atomic E-state index is -0.213. The van der Waals surface area contributed by atoms with Crippen molar-refractivity contribution in [2.24, 2.45) is 5.92 Å².